The van der Waals surface area contributed by atoms with Crippen LogP contribution in [0.1, 0.15) is 25.2 Å². The molecule has 0 aliphatic rings. The summed E-state index contributed by atoms with van der Waals surface area (Å²) in [5, 5.41) is 11.9. The van der Waals surface area contributed by atoms with Gasteiger partial charge in [0.05, 0.1) is 11.5 Å². The van der Waals surface area contributed by atoms with Gasteiger partial charge in [0.25, 0.3) is 0 Å². The van der Waals surface area contributed by atoms with Gasteiger partial charge < -0.3 is 20.5 Å². The van der Waals surface area contributed by atoms with E-state index in [1.165, 1.54) is 11.8 Å². The second kappa shape index (κ2) is 10.5. The quantitative estimate of drug-likeness (QED) is 0.592. The number of benzene rings is 1. The van der Waals surface area contributed by atoms with Gasteiger partial charge in [-0.25, -0.2) is 0 Å². The average Bonchev–Trinajstić information content (AvgIpc) is 3.04. The number of aromatic nitrogens is 1. The first-order valence-electron chi connectivity index (χ1n) is 8.81. The first kappa shape index (κ1) is 21.5. The van der Waals surface area contributed by atoms with E-state index in [1.54, 1.807) is 19.1 Å². The van der Waals surface area contributed by atoms with Crippen LogP contribution >= 0.6 is 11.8 Å². The normalized spacial score (nSPS) is 10.6. The summed E-state index contributed by atoms with van der Waals surface area (Å²) < 4.78 is 4.86. The number of thioether (sulfide) groups is 1. The topological polar surface area (TPSA) is 113 Å². The molecule has 3 amide bonds. The van der Waals surface area contributed by atoms with Crippen molar-refractivity contribution in [1.82, 2.24) is 10.5 Å². The highest BCUT2D eigenvalue weighted by Crippen LogP contribution is 2.12. The number of hydrogen-bond acceptors (Lipinski definition) is 6. The summed E-state index contributed by atoms with van der Waals surface area (Å²) >= 11 is 1.21. The average molecular weight is 404 g/mol. The number of nitrogens with zero attached hydrogens (tertiary/aromatic N) is 1. The first-order valence-corrected chi connectivity index (χ1v) is 9.96. The Bertz CT molecular complexity index is 835. The third-order valence-electron chi connectivity index (χ3n) is 3.57. The maximum Gasteiger partial charge on any atom is 0.235 e. The molecule has 0 atom stereocenters. The van der Waals surface area contributed by atoms with Gasteiger partial charge in [-0.3, -0.25) is 14.4 Å². The summed E-state index contributed by atoms with van der Waals surface area (Å²) in [6.07, 6.45) is 0. The highest BCUT2D eigenvalue weighted by Gasteiger charge is 2.09. The van der Waals surface area contributed by atoms with E-state index in [1.807, 2.05) is 32.0 Å². The van der Waals surface area contributed by atoms with Crippen LogP contribution in [0.25, 0.3) is 0 Å². The molecule has 0 spiro atoms. The predicted octanol–water partition coefficient (Wildman–Crippen LogP) is 2.57. The van der Waals surface area contributed by atoms with Crippen molar-refractivity contribution >= 4 is 41.0 Å². The largest absolute Gasteiger partial charge is 0.360 e. The lowest BCUT2D eigenvalue weighted by Crippen LogP contribution is -2.25. The number of carbonyl (C=O) groups excluding carboxylic acids is 3. The van der Waals surface area contributed by atoms with Gasteiger partial charge >= 0.3 is 0 Å². The van der Waals surface area contributed by atoms with E-state index in [0.29, 0.717) is 23.8 Å². The molecule has 0 fully saturated rings. The van der Waals surface area contributed by atoms with Crippen molar-refractivity contribution in [2.24, 2.45) is 5.92 Å². The van der Waals surface area contributed by atoms with Crippen LogP contribution in [0.4, 0.5) is 11.5 Å². The molecule has 0 saturated carbocycles. The standard InChI is InChI=1S/C19H24N4O4S/c1-12(2)19(26)21-15-6-4-5-14(8-15)9-20-17(24)10-28-11-18(25)22-16-7-13(3)27-23-16/h4-8,12H,9-11H2,1-3H3,(H,20,24)(H,21,26)(H,22,23,25). The third-order valence-corrected chi connectivity index (χ3v) is 4.50. The number of rotatable bonds is 9. The van der Waals surface area contributed by atoms with E-state index in [0.717, 1.165) is 5.56 Å². The van der Waals surface area contributed by atoms with Crippen LogP contribution in [-0.4, -0.2) is 34.4 Å². The van der Waals surface area contributed by atoms with E-state index < -0.39 is 0 Å². The van der Waals surface area contributed by atoms with Crippen LogP contribution in [0.2, 0.25) is 0 Å². The molecule has 1 aromatic carbocycles. The zero-order chi connectivity index (χ0) is 20.5. The van der Waals surface area contributed by atoms with Crippen LogP contribution in [-0.2, 0) is 20.9 Å². The molecule has 0 aliphatic heterocycles. The summed E-state index contributed by atoms with van der Waals surface area (Å²) in [7, 11) is 0. The maximum atomic E-state index is 12.0. The molecule has 28 heavy (non-hydrogen) atoms. The Morgan fingerprint density at radius 2 is 1.86 bits per heavy atom. The van der Waals surface area contributed by atoms with Crippen LogP contribution < -0.4 is 16.0 Å². The SMILES string of the molecule is Cc1cc(NC(=O)CSCC(=O)NCc2cccc(NC(=O)C(C)C)c2)no1. The Morgan fingerprint density at radius 3 is 2.54 bits per heavy atom. The van der Waals surface area contributed by atoms with Crippen molar-refractivity contribution in [3.63, 3.8) is 0 Å². The number of anilines is 2. The first-order chi connectivity index (χ1) is 13.3. The molecular formula is C19H24N4O4S. The van der Waals surface area contributed by atoms with Crippen LogP contribution in [0.5, 0.6) is 0 Å². The monoisotopic (exact) mass is 404 g/mol. The van der Waals surface area contributed by atoms with Crippen LogP contribution in [0, 0.1) is 12.8 Å². The van der Waals surface area contributed by atoms with Gasteiger partial charge in [-0.1, -0.05) is 31.1 Å². The molecular weight excluding hydrogens is 380 g/mol. The number of nitrogens with one attached hydrogen (secondary N) is 3. The highest BCUT2D eigenvalue weighted by atomic mass is 32.2. The van der Waals surface area contributed by atoms with Gasteiger partial charge in [0.15, 0.2) is 5.82 Å². The van der Waals surface area contributed by atoms with E-state index in [9.17, 15) is 14.4 Å². The van der Waals surface area contributed by atoms with Gasteiger partial charge in [-0.05, 0) is 24.6 Å². The van der Waals surface area contributed by atoms with Crippen molar-refractivity contribution < 1.29 is 18.9 Å². The van der Waals surface area contributed by atoms with Crippen LogP contribution in [0.3, 0.4) is 0 Å². The van der Waals surface area contributed by atoms with Crippen molar-refractivity contribution in [2.45, 2.75) is 27.3 Å². The highest BCUT2D eigenvalue weighted by molar-refractivity contribution is 8.00. The van der Waals surface area contributed by atoms with E-state index in [4.69, 9.17) is 4.52 Å². The molecule has 0 aliphatic carbocycles. The molecule has 0 saturated heterocycles. The third kappa shape index (κ3) is 7.43. The minimum atomic E-state index is -0.250. The Labute approximate surface area is 167 Å². The summed E-state index contributed by atoms with van der Waals surface area (Å²) in [4.78, 5) is 35.5. The van der Waals surface area contributed by atoms with E-state index in [-0.39, 0.29) is 35.1 Å². The summed E-state index contributed by atoms with van der Waals surface area (Å²) in [5.41, 5.74) is 1.57. The lowest BCUT2D eigenvalue weighted by molar-refractivity contribution is -0.119. The molecule has 3 N–H and O–H groups in total. The lowest BCUT2D eigenvalue weighted by Gasteiger charge is -2.10. The van der Waals surface area contributed by atoms with Gasteiger partial charge in [0, 0.05) is 24.2 Å². The van der Waals surface area contributed by atoms with Gasteiger partial charge in [0.1, 0.15) is 5.76 Å². The molecule has 0 unspecified atom stereocenters. The summed E-state index contributed by atoms with van der Waals surface area (Å²) in [6.45, 7) is 5.72. The van der Waals surface area contributed by atoms with Crippen molar-refractivity contribution in [3.05, 3.63) is 41.7 Å². The summed E-state index contributed by atoms with van der Waals surface area (Å²) in [5.74, 6) is 0.673. The lowest BCUT2D eigenvalue weighted by atomic mass is 10.1. The fraction of sp³-hybridized carbons (Fsp3) is 0.368. The van der Waals surface area contributed by atoms with Crippen LogP contribution in [0.15, 0.2) is 34.9 Å². The molecule has 1 heterocycles. The zero-order valence-corrected chi connectivity index (χ0v) is 16.9. The van der Waals surface area contributed by atoms with E-state index in [2.05, 4.69) is 21.1 Å². The molecule has 8 nitrogen and oxygen atoms in total. The molecule has 0 bridgehead atoms. The smallest absolute Gasteiger partial charge is 0.235 e. The second-order valence-corrected chi connectivity index (χ2v) is 7.47. The molecule has 2 rings (SSSR count). The van der Waals surface area contributed by atoms with Crippen molar-refractivity contribution in [2.75, 3.05) is 22.1 Å². The van der Waals surface area contributed by atoms with Crippen molar-refractivity contribution in [1.29, 1.82) is 0 Å². The Balaban J connectivity index is 1.69. The number of carbonyl (C=O) groups is 3. The molecule has 150 valence electrons. The summed E-state index contributed by atoms with van der Waals surface area (Å²) in [6, 6.07) is 8.93. The minimum Gasteiger partial charge on any atom is -0.360 e. The fourth-order valence-electron chi connectivity index (χ4n) is 2.14. The zero-order valence-electron chi connectivity index (χ0n) is 16.1. The number of amides is 3. The molecule has 0 radical (unpaired) electrons. The van der Waals surface area contributed by atoms with Gasteiger partial charge in [-0.15, -0.1) is 11.8 Å². The van der Waals surface area contributed by atoms with Gasteiger partial charge in [-0.2, -0.15) is 0 Å². The minimum absolute atomic E-state index is 0.0587. The molecule has 1 aromatic heterocycles. The van der Waals surface area contributed by atoms with Gasteiger partial charge in [0.2, 0.25) is 17.7 Å². The fourth-order valence-corrected chi connectivity index (χ4v) is 2.79. The Hall–Kier alpha value is -2.81. The maximum absolute atomic E-state index is 12.0. The number of hydrogen-bond donors (Lipinski definition) is 3. The number of aryl methyl sites for hydroxylation is 1. The second-order valence-electron chi connectivity index (χ2n) is 6.48. The Morgan fingerprint density at radius 1 is 1.11 bits per heavy atom. The molecule has 9 heteroatoms. The Kier molecular flexibility index (Phi) is 8.06. The molecule has 2 aromatic rings. The van der Waals surface area contributed by atoms with E-state index >= 15 is 0 Å². The predicted molar refractivity (Wildman–Crippen MR) is 109 cm³/mol. The van der Waals surface area contributed by atoms with Crippen molar-refractivity contribution in [3.8, 4) is 0 Å².